The summed E-state index contributed by atoms with van der Waals surface area (Å²) in [7, 11) is 1.50. The first-order chi connectivity index (χ1) is 8.43. The molecule has 1 amide bonds. The predicted octanol–water partition coefficient (Wildman–Crippen LogP) is 0.661. The summed E-state index contributed by atoms with van der Waals surface area (Å²) in [6.07, 6.45) is 0. The first-order valence-corrected chi connectivity index (χ1v) is 5.75. The third-order valence-corrected chi connectivity index (χ3v) is 2.48. The van der Waals surface area contributed by atoms with E-state index in [-0.39, 0.29) is 17.4 Å². The fraction of sp³-hybridized carbons (Fsp3) is 0.545. The molecule has 100 valence electrons. The van der Waals surface area contributed by atoms with Crippen molar-refractivity contribution in [3.05, 3.63) is 27.9 Å². The van der Waals surface area contributed by atoms with Crippen molar-refractivity contribution in [1.29, 1.82) is 0 Å². The third-order valence-electron chi connectivity index (χ3n) is 2.48. The predicted molar refractivity (Wildman–Crippen MR) is 67.5 cm³/mol. The van der Waals surface area contributed by atoms with Crippen LogP contribution in [0.2, 0.25) is 0 Å². The highest BCUT2D eigenvalue weighted by Crippen LogP contribution is 2.14. The number of carbonyl (C=O) groups excluding carboxylic acids is 1. The monoisotopic (exact) mass is 254 g/mol. The SMILES string of the molecule is CC(C)NCCNC(=O)c1ccc([N+](=O)[O-])n1C. The summed E-state index contributed by atoms with van der Waals surface area (Å²) >= 11 is 0. The lowest BCUT2D eigenvalue weighted by atomic mass is 10.4. The van der Waals surface area contributed by atoms with E-state index in [0.717, 1.165) is 0 Å². The van der Waals surface area contributed by atoms with Gasteiger partial charge in [0.25, 0.3) is 5.91 Å². The quantitative estimate of drug-likeness (QED) is 0.443. The van der Waals surface area contributed by atoms with E-state index >= 15 is 0 Å². The van der Waals surface area contributed by atoms with Crippen LogP contribution in [0.25, 0.3) is 0 Å². The van der Waals surface area contributed by atoms with Gasteiger partial charge >= 0.3 is 5.82 Å². The summed E-state index contributed by atoms with van der Waals surface area (Å²) in [5.74, 6) is -0.406. The van der Waals surface area contributed by atoms with Crippen molar-refractivity contribution in [2.24, 2.45) is 7.05 Å². The van der Waals surface area contributed by atoms with Crippen LogP contribution < -0.4 is 10.6 Å². The highest BCUT2D eigenvalue weighted by atomic mass is 16.6. The average molecular weight is 254 g/mol. The van der Waals surface area contributed by atoms with Crippen LogP contribution in [0.15, 0.2) is 12.1 Å². The number of carbonyl (C=O) groups is 1. The van der Waals surface area contributed by atoms with Crippen LogP contribution in [0.1, 0.15) is 24.3 Å². The van der Waals surface area contributed by atoms with Gasteiger partial charge in [-0.1, -0.05) is 13.8 Å². The number of aromatic nitrogens is 1. The van der Waals surface area contributed by atoms with Crippen LogP contribution in [0.3, 0.4) is 0 Å². The van der Waals surface area contributed by atoms with Crippen molar-refractivity contribution in [1.82, 2.24) is 15.2 Å². The van der Waals surface area contributed by atoms with Crippen LogP contribution in [0.5, 0.6) is 0 Å². The first-order valence-electron chi connectivity index (χ1n) is 5.75. The van der Waals surface area contributed by atoms with Gasteiger partial charge in [0, 0.05) is 25.2 Å². The van der Waals surface area contributed by atoms with Gasteiger partial charge in [-0.25, -0.2) is 4.57 Å². The molecule has 0 aliphatic heterocycles. The zero-order chi connectivity index (χ0) is 13.7. The van der Waals surface area contributed by atoms with Crippen LogP contribution in [-0.4, -0.2) is 34.5 Å². The second-order valence-corrected chi connectivity index (χ2v) is 4.26. The zero-order valence-corrected chi connectivity index (χ0v) is 10.8. The van der Waals surface area contributed by atoms with E-state index in [1.54, 1.807) is 0 Å². The second kappa shape index (κ2) is 6.15. The van der Waals surface area contributed by atoms with E-state index in [1.165, 1.54) is 23.7 Å². The molecule has 7 nitrogen and oxygen atoms in total. The molecule has 2 N–H and O–H groups in total. The van der Waals surface area contributed by atoms with E-state index < -0.39 is 4.92 Å². The van der Waals surface area contributed by atoms with Crippen molar-refractivity contribution < 1.29 is 9.72 Å². The summed E-state index contributed by atoms with van der Waals surface area (Å²) in [5.41, 5.74) is 0.284. The molecule has 7 heteroatoms. The maximum absolute atomic E-state index is 11.8. The summed E-state index contributed by atoms with van der Waals surface area (Å²) in [4.78, 5) is 21.9. The molecule has 1 heterocycles. The number of hydrogen-bond acceptors (Lipinski definition) is 4. The van der Waals surface area contributed by atoms with Gasteiger partial charge in [-0.15, -0.1) is 0 Å². The molecule has 0 saturated carbocycles. The van der Waals surface area contributed by atoms with Gasteiger partial charge in [0.1, 0.15) is 0 Å². The minimum Gasteiger partial charge on any atom is -0.358 e. The number of hydrogen-bond donors (Lipinski definition) is 2. The summed E-state index contributed by atoms with van der Waals surface area (Å²) < 4.78 is 1.27. The maximum Gasteiger partial charge on any atom is 0.323 e. The highest BCUT2D eigenvalue weighted by molar-refractivity contribution is 5.93. The zero-order valence-electron chi connectivity index (χ0n) is 10.8. The van der Waals surface area contributed by atoms with Gasteiger partial charge in [0.05, 0.1) is 7.05 Å². The molecule has 0 radical (unpaired) electrons. The lowest BCUT2D eigenvalue weighted by Crippen LogP contribution is -2.35. The molecule has 0 aliphatic carbocycles. The van der Waals surface area contributed by atoms with Crippen LogP contribution in [0.4, 0.5) is 5.82 Å². The number of amides is 1. The van der Waals surface area contributed by atoms with Crippen LogP contribution >= 0.6 is 0 Å². The molecule has 0 saturated heterocycles. The average Bonchev–Trinajstić information content (AvgIpc) is 2.66. The summed E-state index contributed by atoms with van der Waals surface area (Å²) in [6, 6.07) is 3.13. The Bertz CT molecular complexity index is 439. The molecule has 0 unspecified atom stereocenters. The standard InChI is InChI=1S/C11H18N4O3/c1-8(2)12-6-7-13-11(16)9-4-5-10(14(9)3)15(17)18/h4-5,8,12H,6-7H2,1-3H3,(H,13,16). The number of nitrogens with one attached hydrogen (secondary N) is 2. The molecule has 0 aliphatic rings. The van der Waals surface area contributed by atoms with Gasteiger partial charge in [0.15, 0.2) is 5.69 Å². The number of nitro groups is 1. The first kappa shape index (κ1) is 14.2. The molecular formula is C11H18N4O3. The topological polar surface area (TPSA) is 89.2 Å². The Morgan fingerprint density at radius 1 is 1.44 bits per heavy atom. The normalized spacial score (nSPS) is 10.7. The van der Waals surface area contributed by atoms with Crippen molar-refractivity contribution >= 4 is 11.7 Å². The Labute approximate surface area is 105 Å². The molecule has 0 atom stereocenters. The minimum absolute atomic E-state index is 0.0968. The highest BCUT2D eigenvalue weighted by Gasteiger charge is 2.19. The molecular weight excluding hydrogens is 236 g/mol. The molecule has 0 bridgehead atoms. The van der Waals surface area contributed by atoms with Crippen molar-refractivity contribution in [2.45, 2.75) is 19.9 Å². The van der Waals surface area contributed by atoms with Gasteiger partial charge in [-0.05, 0) is 11.0 Å². The van der Waals surface area contributed by atoms with Crippen LogP contribution in [-0.2, 0) is 7.05 Å². The van der Waals surface area contributed by atoms with E-state index in [0.29, 0.717) is 19.1 Å². The van der Waals surface area contributed by atoms with E-state index in [2.05, 4.69) is 10.6 Å². The minimum atomic E-state index is -0.517. The number of nitrogens with zero attached hydrogens (tertiary/aromatic N) is 2. The third kappa shape index (κ3) is 3.56. The molecule has 0 fully saturated rings. The Morgan fingerprint density at radius 2 is 2.11 bits per heavy atom. The Kier molecular flexibility index (Phi) is 4.85. The molecule has 0 spiro atoms. The fourth-order valence-electron chi connectivity index (χ4n) is 1.54. The molecule has 1 aromatic rings. The van der Waals surface area contributed by atoms with Crippen molar-refractivity contribution in [3.63, 3.8) is 0 Å². The smallest absolute Gasteiger partial charge is 0.323 e. The van der Waals surface area contributed by atoms with Gasteiger partial charge in [-0.3, -0.25) is 4.79 Å². The fourth-order valence-corrected chi connectivity index (χ4v) is 1.54. The van der Waals surface area contributed by atoms with E-state index in [4.69, 9.17) is 0 Å². The number of rotatable bonds is 6. The van der Waals surface area contributed by atoms with Crippen molar-refractivity contribution in [2.75, 3.05) is 13.1 Å². The summed E-state index contributed by atoms with van der Waals surface area (Å²) in [5, 5.41) is 16.5. The lowest BCUT2D eigenvalue weighted by molar-refractivity contribution is -0.391. The maximum atomic E-state index is 11.8. The van der Waals surface area contributed by atoms with E-state index in [1.807, 2.05) is 13.8 Å². The Morgan fingerprint density at radius 3 is 2.61 bits per heavy atom. The van der Waals surface area contributed by atoms with Crippen molar-refractivity contribution in [3.8, 4) is 0 Å². The molecule has 1 rings (SSSR count). The molecule has 0 aromatic carbocycles. The van der Waals surface area contributed by atoms with Crippen LogP contribution in [0, 0.1) is 10.1 Å². The Balaban J connectivity index is 2.54. The summed E-state index contributed by atoms with van der Waals surface area (Å²) in [6.45, 7) is 5.18. The van der Waals surface area contributed by atoms with Gasteiger partial charge in [0.2, 0.25) is 0 Å². The largest absolute Gasteiger partial charge is 0.358 e. The van der Waals surface area contributed by atoms with Gasteiger partial charge in [-0.2, -0.15) is 0 Å². The van der Waals surface area contributed by atoms with E-state index in [9.17, 15) is 14.9 Å². The molecule has 18 heavy (non-hydrogen) atoms. The van der Waals surface area contributed by atoms with Gasteiger partial charge < -0.3 is 20.7 Å². The Hall–Kier alpha value is -1.89. The molecule has 1 aromatic heterocycles. The lowest BCUT2D eigenvalue weighted by Gasteiger charge is -2.08. The second-order valence-electron chi connectivity index (χ2n) is 4.26.